The molecule has 1 aliphatic rings. The lowest BCUT2D eigenvalue weighted by atomic mass is 9.84. The molecule has 0 aromatic heterocycles. The molecule has 0 spiro atoms. The smallest absolute Gasteiger partial charge is 0.416 e. The number of nitriles is 1. The number of nitrogens with zero attached hydrogens (tertiary/aromatic N) is 1. The van der Waals surface area contributed by atoms with E-state index in [1.165, 1.54) is 12.1 Å². The highest BCUT2D eigenvalue weighted by atomic mass is 19.4. The molecule has 6 nitrogen and oxygen atoms in total. The zero-order chi connectivity index (χ0) is 26.7. The second-order valence-electron chi connectivity index (χ2n) is 9.63. The highest BCUT2D eigenvalue weighted by Gasteiger charge is 2.33. The van der Waals surface area contributed by atoms with E-state index >= 15 is 0 Å². The fraction of sp³-hybridized carbons (Fsp3) is 0.370. The van der Waals surface area contributed by atoms with E-state index in [0.29, 0.717) is 35.2 Å². The number of anilines is 1. The van der Waals surface area contributed by atoms with E-state index in [1.54, 1.807) is 45.9 Å². The van der Waals surface area contributed by atoms with Crippen molar-refractivity contribution in [1.82, 2.24) is 5.32 Å². The van der Waals surface area contributed by atoms with Crippen molar-refractivity contribution >= 4 is 17.6 Å². The normalized spacial score (nSPS) is 15.2. The number of ether oxygens (including phenoxy) is 1. The predicted molar refractivity (Wildman–Crippen MR) is 129 cm³/mol. The molecule has 2 aromatic carbocycles. The highest BCUT2D eigenvalue weighted by Crippen LogP contribution is 2.36. The van der Waals surface area contributed by atoms with Gasteiger partial charge in [0.25, 0.3) is 0 Å². The molecule has 0 radical (unpaired) electrons. The van der Waals surface area contributed by atoms with Gasteiger partial charge in [0.05, 0.1) is 23.2 Å². The van der Waals surface area contributed by atoms with Gasteiger partial charge in [0.2, 0.25) is 0 Å². The number of nitrogens with one attached hydrogen (secondary N) is 2. The lowest BCUT2D eigenvalue weighted by Gasteiger charge is -2.30. The minimum absolute atomic E-state index is 0.180. The molecule has 1 atom stereocenters. The first-order chi connectivity index (χ1) is 16.8. The number of amides is 1. The largest absolute Gasteiger partial charge is 0.444 e. The van der Waals surface area contributed by atoms with Crippen molar-refractivity contribution in [2.75, 3.05) is 5.32 Å². The summed E-state index contributed by atoms with van der Waals surface area (Å²) >= 11 is 0. The van der Waals surface area contributed by atoms with Crippen molar-refractivity contribution in [2.45, 2.75) is 64.8 Å². The number of hydrogen-bond donors (Lipinski definition) is 2. The lowest BCUT2D eigenvalue weighted by molar-refractivity contribution is -0.137. The van der Waals surface area contributed by atoms with Crippen LogP contribution in [-0.2, 0) is 15.7 Å². The van der Waals surface area contributed by atoms with Crippen molar-refractivity contribution in [3.63, 3.8) is 0 Å². The molecule has 2 aromatic rings. The number of hydrogen-bond acceptors (Lipinski definition) is 5. The summed E-state index contributed by atoms with van der Waals surface area (Å²) in [4.78, 5) is 26.0. The third-order valence-corrected chi connectivity index (χ3v) is 5.60. The van der Waals surface area contributed by atoms with Gasteiger partial charge in [-0.3, -0.25) is 4.79 Å². The quantitative estimate of drug-likeness (QED) is 0.486. The van der Waals surface area contributed by atoms with Crippen molar-refractivity contribution in [3.8, 4) is 6.07 Å². The highest BCUT2D eigenvalue weighted by molar-refractivity contribution is 5.99. The molecule has 3 rings (SSSR count). The molecular weight excluding hydrogens is 471 g/mol. The summed E-state index contributed by atoms with van der Waals surface area (Å²) in [7, 11) is 0. The van der Waals surface area contributed by atoms with Crippen molar-refractivity contribution in [2.24, 2.45) is 0 Å². The summed E-state index contributed by atoms with van der Waals surface area (Å²) in [5.41, 5.74) is 0.903. The van der Waals surface area contributed by atoms with Crippen LogP contribution < -0.4 is 10.6 Å². The molecule has 2 N–H and O–H groups in total. The molecule has 36 heavy (non-hydrogen) atoms. The third kappa shape index (κ3) is 6.66. The number of rotatable bonds is 5. The molecular formula is C27H28F3N3O3. The van der Waals surface area contributed by atoms with Crippen LogP contribution in [-0.4, -0.2) is 17.5 Å². The molecule has 0 fully saturated rings. The average molecular weight is 500 g/mol. The summed E-state index contributed by atoms with van der Waals surface area (Å²) in [5, 5.41) is 15.0. The Kier molecular flexibility index (Phi) is 7.77. The van der Waals surface area contributed by atoms with Crippen molar-refractivity contribution < 1.29 is 27.5 Å². The first-order valence-electron chi connectivity index (χ1n) is 11.5. The maximum absolute atomic E-state index is 13.2. The fourth-order valence-electron chi connectivity index (χ4n) is 4.08. The molecule has 190 valence electrons. The maximum atomic E-state index is 13.2. The minimum Gasteiger partial charge on any atom is -0.444 e. The van der Waals surface area contributed by atoms with Crippen LogP contribution in [0.15, 0.2) is 53.7 Å². The second-order valence-corrected chi connectivity index (χ2v) is 9.63. The van der Waals surface area contributed by atoms with Gasteiger partial charge in [0.1, 0.15) is 5.60 Å². The average Bonchev–Trinajstić information content (AvgIpc) is 2.76. The number of alkyl carbamates (subject to hydrolysis) is 1. The van der Waals surface area contributed by atoms with Gasteiger partial charge in [-0.25, -0.2) is 4.79 Å². The summed E-state index contributed by atoms with van der Waals surface area (Å²) < 4.78 is 45.2. The van der Waals surface area contributed by atoms with E-state index in [4.69, 9.17) is 4.74 Å². The topological polar surface area (TPSA) is 91.2 Å². The number of halogens is 3. The van der Waals surface area contributed by atoms with Gasteiger partial charge in [-0.1, -0.05) is 12.1 Å². The Morgan fingerprint density at radius 3 is 2.44 bits per heavy atom. The molecule has 0 saturated carbocycles. The number of ketones is 1. The number of allylic oxidation sites excluding steroid dienone is 1. The van der Waals surface area contributed by atoms with Gasteiger partial charge in [-0.15, -0.1) is 0 Å². The van der Waals surface area contributed by atoms with Gasteiger partial charge >= 0.3 is 12.3 Å². The summed E-state index contributed by atoms with van der Waals surface area (Å²) in [5.74, 6) is -0.236. The fourth-order valence-corrected chi connectivity index (χ4v) is 4.08. The molecule has 0 bridgehead atoms. The number of carbonyl (C=O) groups excluding carboxylic acids is 2. The van der Waals surface area contributed by atoms with Gasteiger partial charge in [-0.05, 0) is 82.0 Å². The summed E-state index contributed by atoms with van der Waals surface area (Å²) in [6.45, 7) is 6.88. The number of Topliss-reactive ketones (excluding diaryl/α,β-unsaturated/α-hetero) is 1. The van der Waals surface area contributed by atoms with Crippen LogP contribution >= 0.6 is 0 Å². The molecule has 0 saturated heterocycles. The zero-order valence-corrected chi connectivity index (χ0v) is 20.5. The van der Waals surface area contributed by atoms with E-state index in [0.717, 1.165) is 12.1 Å². The van der Waals surface area contributed by atoms with Crippen LogP contribution in [0.25, 0.3) is 0 Å². The third-order valence-electron chi connectivity index (χ3n) is 5.60. The second kappa shape index (κ2) is 10.4. The summed E-state index contributed by atoms with van der Waals surface area (Å²) in [6, 6.07) is 10.7. The Balaban J connectivity index is 2.11. The molecule has 0 aliphatic heterocycles. The maximum Gasteiger partial charge on any atom is 0.416 e. The van der Waals surface area contributed by atoms with Gasteiger partial charge < -0.3 is 15.4 Å². The standard InChI is InChI=1S/C27H28F3N3O3/c1-16-13-17(15-31)11-12-20(16)24(33-25(35)36-26(2,3)4)23-21(9-6-10-22(23)34)32-19-8-5-7-18(14-19)27(28,29)30/h5,7-8,11-14,24,32H,6,9-10H2,1-4H3,(H,33,35). The van der Waals surface area contributed by atoms with Crippen LogP contribution in [0.2, 0.25) is 0 Å². The Morgan fingerprint density at radius 1 is 1.11 bits per heavy atom. The van der Waals surface area contributed by atoms with E-state index in [-0.39, 0.29) is 23.5 Å². The van der Waals surface area contributed by atoms with Crippen molar-refractivity contribution in [1.29, 1.82) is 5.26 Å². The monoisotopic (exact) mass is 499 g/mol. The summed E-state index contributed by atoms with van der Waals surface area (Å²) in [6.07, 6.45) is -4.13. The van der Waals surface area contributed by atoms with Crippen molar-refractivity contribution in [3.05, 3.63) is 76.0 Å². The Bertz CT molecular complexity index is 1240. The first-order valence-corrected chi connectivity index (χ1v) is 11.5. The van der Waals surface area contributed by atoms with Crippen LogP contribution in [0.1, 0.15) is 68.3 Å². The van der Waals surface area contributed by atoms with Crippen LogP contribution in [0.5, 0.6) is 0 Å². The van der Waals surface area contributed by atoms with Crippen LogP contribution in [0.4, 0.5) is 23.7 Å². The number of carbonyl (C=O) groups is 2. The van der Waals surface area contributed by atoms with E-state index in [1.807, 2.05) is 0 Å². The van der Waals surface area contributed by atoms with E-state index in [9.17, 15) is 28.0 Å². The SMILES string of the molecule is Cc1cc(C#N)ccc1C(NC(=O)OC(C)(C)C)C1=C(Nc2cccc(C(F)(F)F)c2)CCCC1=O. The van der Waals surface area contributed by atoms with Gasteiger partial charge in [0.15, 0.2) is 5.78 Å². The van der Waals surface area contributed by atoms with Crippen LogP contribution in [0, 0.1) is 18.3 Å². The molecule has 1 aliphatic carbocycles. The Morgan fingerprint density at radius 2 is 1.83 bits per heavy atom. The minimum atomic E-state index is -4.52. The Labute approximate surface area is 208 Å². The molecule has 1 amide bonds. The van der Waals surface area contributed by atoms with E-state index < -0.39 is 29.5 Å². The van der Waals surface area contributed by atoms with E-state index in [2.05, 4.69) is 16.7 Å². The first kappa shape index (κ1) is 26.8. The van der Waals surface area contributed by atoms with Crippen LogP contribution in [0.3, 0.4) is 0 Å². The number of aryl methyl sites for hydroxylation is 1. The Hall–Kier alpha value is -3.80. The van der Waals surface area contributed by atoms with Gasteiger partial charge in [-0.2, -0.15) is 18.4 Å². The van der Waals surface area contributed by atoms with Gasteiger partial charge in [0, 0.05) is 23.4 Å². The zero-order valence-electron chi connectivity index (χ0n) is 20.5. The molecule has 1 unspecified atom stereocenters. The molecule has 9 heteroatoms. The number of alkyl halides is 3. The lowest BCUT2D eigenvalue weighted by Crippen LogP contribution is -2.38. The molecule has 0 heterocycles. The predicted octanol–water partition coefficient (Wildman–Crippen LogP) is 6.57. The number of benzene rings is 2.